The van der Waals surface area contributed by atoms with E-state index in [9.17, 15) is 13.2 Å². The summed E-state index contributed by atoms with van der Waals surface area (Å²) in [7, 11) is 0. The number of aromatic nitrogens is 3. The monoisotopic (exact) mass is 368 g/mol. The molecular formula is C15H15F3N6S. The molecule has 1 aliphatic rings. The molecule has 1 aliphatic heterocycles. The van der Waals surface area contributed by atoms with E-state index in [1.54, 1.807) is 0 Å². The van der Waals surface area contributed by atoms with Gasteiger partial charge in [0.2, 0.25) is 0 Å². The second kappa shape index (κ2) is 5.67. The third-order valence-electron chi connectivity index (χ3n) is 4.41. The molecule has 0 aromatic carbocycles. The lowest BCUT2D eigenvalue weighted by Crippen LogP contribution is -2.40. The third-order valence-corrected chi connectivity index (χ3v) is 5.50. The molecule has 0 saturated carbocycles. The molecule has 6 nitrogen and oxygen atoms in total. The highest BCUT2D eigenvalue weighted by Gasteiger charge is 2.36. The fourth-order valence-electron chi connectivity index (χ4n) is 3.09. The molecule has 4 N–H and O–H groups in total. The Morgan fingerprint density at radius 1 is 1.20 bits per heavy atom. The van der Waals surface area contributed by atoms with Gasteiger partial charge in [0.25, 0.3) is 0 Å². The number of fused-ring (bicyclic) bond motifs is 3. The van der Waals surface area contributed by atoms with Crippen molar-refractivity contribution >= 4 is 43.4 Å². The van der Waals surface area contributed by atoms with E-state index >= 15 is 0 Å². The van der Waals surface area contributed by atoms with Crippen LogP contribution in [0.5, 0.6) is 0 Å². The van der Waals surface area contributed by atoms with Gasteiger partial charge in [0.1, 0.15) is 22.8 Å². The molecule has 4 rings (SSSR count). The Labute approximate surface area is 144 Å². The molecule has 1 saturated heterocycles. The average molecular weight is 368 g/mol. The van der Waals surface area contributed by atoms with E-state index in [0.717, 1.165) is 30.2 Å². The summed E-state index contributed by atoms with van der Waals surface area (Å²) in [5, 5.41) is -0.0148. The number of nitrogens with two attached hydrogens (primary N) is 2. The van der Waals surface area contributed by atoms with E-state index in [-0.39, 0.29) is 27.6 Å². The molecule has 0 atom stereocenters. The number of pyridine rings is 1. The Hall–Kier alpha value is -2.20. The minimum Gasteiger partial charge on any atom is -0.382 e. The summed E-state index contributed by atoms with van der Waals surface area (Å²) in [4.78, 5) is 14.4. The minimum absolute atomic E-state index is 0.0148. The fourth-order valence-corrected chi connectivity index (χ4v) is 4.14. The number of hydrogen-bond acceptors (Lipinski definition) is 7. The van der Waals surface area contributed by atoms with Crippen molar-refractivity contribution in [1.29, 1.82) is 0 Å². The summed E-state index contributed by atoms with van der Waals surface area (Å²) >= 11 is 1.08. The van der Waals surface area contributed by atoms with Crippen LogP contribution in [-0.4, -0.2) is 34.1 Å². The number of nitrogen functional groups attached to an aromatic ring is 1. The van der Waals surface area contributed by atoms with Gasteiger partial charge in [0.15, 0.2) is 0 Å². The van der Waals surface area contributed by atoms with E-state index in [1.807, 2.05) is 4.90 Å². The molecule has 4 heterocycles. The molecule has 0 spiro atoms. The number of halogens is 3. The first-order valence-corrected chi connectivity index (χ1v) is 8.57. The largest absolute Gasteiger partial charge is 0.417 e. The molecule has 0 amide bonds. The van der Waals surface area contributed by atoms with Crippen molar-refractivity contribution in [2.24, 2.45) is 5.73 Å². The third kappa shape index (κ3) is 2.74. The van der Waals surface area contributed by atoms with Crippen molar-refractivity contribution in [3.05, 3.63) is 18.0 Å². The second-order valence-electron chi connectivity index (χ2n) is 6.07. The maximum Gasteiger partial charge on any atom is 0.417 e. The van der Waals surface area contributed by atoms with Gasteiger partial charge in [-0.05, 0) is 18.9 Å². The zero-order valence-electron chi connectivity index (χ0n) is 13.0. The number of rotatable bonds is 1. The molecule has 132 valence electrons. The van der Waals surface area contributed by atoms with Crippen molar-refractivity contribution in [2.75, 3.05) is 23.7 Å². The zero-order valence-corrected chi connectivity index (χ0v) is 13.9. The van der Waals surface area contributed by atoms with Crippen LogP contribution in [0.25, 0.3) is 20.4 Å². The number of thiophene rings is 1. The lowest BCUT2D eigenvalue weighted by Gasteiger charge is -2.31. The van der Waals surface area contributed by atoms with Crippen LogP contribution < -0.4 is 16.4 Å². The van der Waals surface area contributed by atoms with Gasteiger partial charge >= 0.3 is 6.18 Å². The number of piperidine rings is 1. The lowest BCUT2D eigenvalue weighted by atomic mass is 10.1. The smallest absolute Gasteiger partial charge is 0.382 e. The van der Waals surface area contributed by atoms with Crippen LogP contribution in [0.15, 0.2) is 12.4 Å². The molecule has 0 radical (unpaired) electrons. The first-order chi connectivity index (χ1) is 11.8. The van der Waals surface area contributed by atoms with Gasteiger partial charge in [-0.25, -0.2) is 15.0 Å². The van der Waals surface area contributed by atoms with Crippen LogP contribution in [0, 0.1) is 0 Å². The summed E-state index contributed by atoms with van der Waals surface area (Å²) < 4.78 is 41.5. The Kier molecular flexibility index (Phi) is 3.69. The zero-order chi connectivity index (χ0) is 17.8. The van der Waals surface area contributed by atoms with Crippen molar-refractivity contribution in [3.8, 4) is 0 Å². The van der Waals surface area contributed by atoms with Gasteiger partial charge in [0.05, 0.1) is 21.2 Å². The SMILES string of the molecule is Nc1ncnc2c1sc1nc(N3CCC(N)CC3)cc(C(F)(F)F)c12. The van der Waals surface area contributed by atoms with E-state index < -0.39 is 11.7 Å². The molecule has 25 heavy (non-hydrogen) atoms. The molecule has 0 bridgehead atoms. The van der Waals surface area contributed by atoms with Gasteiger partial charge in [-0.1, -0.05) is 0 Å². The highest BCUT2D eigenvalue weighted by molar-refractivity contribution is 7.26. The molecule has 0 unspecified atom stereocenters. The maximum atomic E-state index is 13.7. The van der Waals surface area contributed by atoms with E-state index in [4.69, 9.17) is 11.5 Å². The maximum absolute atomic E-state index is 13.7. The van der Waals surface area contributed by atoms with Gasteiger partial charge in [0, 0.05) is 19.1 Å². The number of alkyl halides is 3. The molecule has 0 aliphatic carbocycles. The number of anilines is 2. The Morgan fingerprint density at radius 2 is 1.92 bits per heavy atom. The molecule has 3 aromatic heterocycles. The summed E-state index contributed by atoms with van der Waals surface area (Å²) in [5.41, 5.74) is 11.1. The van der Waals surface area contributed by atoms with Crippen molar-refractivity contribution in [3.63, 3.8) is 0 Å². The van der Waals surface area contributed by atoms with Gasteiger partial charge < -0.3 is 16.4 Å². The van der Waals surface area contributed by atoms with E-state index in [1.165, 1.54) is 6.33 Å². The summed E-state index contributed by atoms with van der Waals surface area (Å²) in [5.74, 6) is 0.469. The Bertz CT molecular complexity index is 946. The Morgan fingerprint density at radius 3 is 2.60 bits per heavy atom. The van der Waals surface area contributed by atoms with E-state index in [2.05, 4.69) is 15.0 Å². The first-order valence-electron chi connectivity index (χ1n) is 7.76. The summed E-state index contributed by atoms with van der Waals surface area (Å²) in [6.07, 6.45) is -1.89. The summed E-state index contributed by atoms with van der Waals surface area (Å²) in [6.45, 7) is 1.17. The van der Waals surface area contributed by atoms with Crippen LogP contribution in [0.1, 0.15) is 18.4 Å². The van der Waals surface area contributed by atoms with E-state index in [0.29, 0.717) is 23.6 Å². The predicted octanol–water partition coefficient (Wildman–Crippen LogP) is 2.77. The van der Waals surface area contributed by atoms with Gasteiger partial charge in [-0.15, -0.1) is 11.3 Å². The van der Waals surface area contributed by atoms with Crippen LogP contribution in [0.3, 0.4) is 0 Å². The average Bonchev–Trinajstić information content (AvgIpc) is 2.94. The van der Waals surface area contributed by atoms with Gasteiger partial charge in [-0.2, -0.15) is 13.2 Å². The molecule has 3 aromatic rings. The van der Waals surface area contributed by atoms with Crippen molar-refractivity contribution in [1.82, 2.24) is 15.0 Å². The number of nitrogens with zero attached hydrogens (tertiary/aromatic N) is 4. The van der Waals surface area contributed by atoms with Gasteiger partial charge in [-0.3, -0.25) is 0 Å². The quantitative estimate of drug-likeness (QED) is 0.686. The Balaban J connectivity index is 1.96. The van der Waals surface area contributed by atoms with Crippen LogP contribution in [0.2, 0.25) is 0 Å². The minimum atomic E-state index is -4.52. The molecular weight excluding hydrogens is 353 g/mol. The summed E-state index contributed by atoms with van der Waals surface area (Å²) in [6, 6.07) is 1.19. The van der Waals surface area contributed by atoms with Crippen LogP contribution in [-0.2, 0) is 6.18 Å². The van der Waals surface area contributed by atoms with Crippen molar-refractivity contribution in [2.45, 2.75) is 25.1 Å². The number of hydrogen-bond donors (Lipinski definition) is 2. The van der Waals surface area contributed by atoms with Crippen LogP contribution >= 0.6 is 11.3 Å². The van der Waals surface area contributed by atoms with Crippen molar-refractivity contribution < 1.29 is 13.2 Å². The second-order valence-corrected chi connectivity index (χ2v) is 7.07. The lowest BCUT2D eigenvalue weighted by molar-refractivity contribution is -0.136. The first kappa shape index (κ1) is 16.3. The topological polar surface area (TPSA) is 93.9 Å². The normalized spacial score (nSPS) is 16.9. The predicted molar refractivity (Wildman–Crippen MR) is 91.6 cm³/mol. The fraction of sp³-hybridized carbons (Fsp3) is 0.400. The molecule has 10 heteroatoms. The highest BCUT2D eigenvalue weighted by atomic mass is 32.1. The highest BCUT2D eigenvalue weighted by Crippen LogP contribution is 2.43. The van der Waals surface area contributed by atoms with Crippen LogP contribution in [0.4, 0.5) is 24.8 Å². The standard InChI is InChI=1S/C15H15F3N6S/c16-15(17,18)8-5-9(24-3-1-7(19)2-4-24)23-14-10(8)11-12(25-14)13(20)22-6-21-11/h5-7H,1-4,19H2,(H2,20,21,22). The molecule has 1 fully saturated rings.